The lowest BCUT2D eigenvalue weighted by molar-refractivity contribution is 0.176. The van der Waals surface area contributed by atoms with Crippen molar-refractivity contribution in [3.63, 3.8) is 0 Å². The molecular weight excluding hydrogens is 404 g/mol. The topological polar surface area (TPSA) is 86.6 Å². The Kier molecular flexibility index (Phi) is 5.76. The number of ether oxygens (including phenoxy) is 2. The van der Waals surface area contributed by atoms with E-state index in [0.717, 1.165) is 38.1 Å². The highest BCUT2D eigenvalue weighted by Crippen LogP contribution is 2.53. The molecule has 4 rings (SSSR count). The van der Waals surface area contributed by atoms with Crippen LogP contribution in [0.4, 0.5) is 0 Å². The standard InChI is InChI=1S/C21H30N4O4S/c1-4-24-15-22-23-20(24)17-13-25(14-21(17)10-6-5-7-11-21)30(26,27)19-12-16(28-2)8-9-18(19)29-3/h8-9,12,15,17H,4-7,10-11,13-14H2,1-3H3. The van der Waals surface area contributed by atoms with Crippen molar-refractivity contribution in [2.45, 2.75) is 56.4 Å². The summed E-state index contributed by atoms with van der Waals surface area (Å²) in [6.07, 6.45) is 7.20. The molecule has 2 fully saturated rings. The number of hydrogen-bond acceptors (Lipinski definition) is 6. The maximum atomic E-state index is 13.7. The van der Waals surface area contributed by atoms with E-state index in [1.807, 2.05) is 4.57 Å². The molecule has 1 saturated carbocycles. The lowest BCUT2D eigenvalue weighted by atomic mass is 9.67. The molecule has 164 valence electrons. The highest BCUT2D eigenvalue weighted by molar-refractivity contribution is 7.89. The zero-order valence-electron chi connectivity index (χ0n) is 17.9. The number of sulfonamides is 1. The second-order valence-corrected chi connectivity index (χ2v) is 10.2. The molecule has 2 aromatic rings. The predicted molar refractivity (Wildman–Crippen MR) is 112 cm³/mol. The highest BCUT2D eigenvalue weighted by atomic mass is 32.2. The normalized spacial score (nSPS) is 21.8. The Labute approximate surface area is 178 Å². The third-order valence-corrected chi connectivity index (χ3v) is 8.59. The van der Waals surface area contributed by atoms with Crippen molar-refractivity contribution >= 4 is 10.0 Å². The van der Waals surface area contributed by atoms with Gasteiger partial charge in [-0.2, -0.15) is 4.31 Å². The first-order valence-corrected chi connectivity index (χ1v) is 12.0. The average Bonchev–Trinajstić information content (AvgIpc) is 3.38. The van der Waals surface area contributed by atoms with Gasteiger partial charge in [0.05, 0.1) is 14.2 Å². The van der Waals surface area contributed by atoms with Gasteiger partial charge in [-0.05, 0) is 37.3 Å². The molecule has 1 aliphatic carbocycles. The summed E-state index contributed by atoms with van der Waals surface area (Å²) < 4.78 is 41.8. The molecule has 1 saturated heterocycles. The first-order chi connectivity index (χ1) is 14.4. The number of rotatable bonds is 6. The minimum atomic E-state index is -3.76. The summed E-state index contributed by atoms with van der Waals surface area (Å²) in [6.45, 7) is 3.73. The Balaban J connectivity index is 1.75. The van der Waals surface area contributed by atoms with E-state index in [4.69, 9.17) is 9.47 Å². The van der Waals surface area contributed by atoms with Gasteiger partial charge in [0.15, 0.2) is 0 Å². The van der Waals surface area contributed by atoms with E-state index in [0.29, 0.717) is 24.6 Å². The summed E-state index contributed by atoms with van der Waals surface area (Å²) in [6, 6.07) is 4.89. The van der Waals surface area contributed by atoms with Crippen LogP contribution >= 0.6 is 0 Å². The fourth-order valence-electron chi connectivity index (χ4n) is 5.13. The van der Waals surface area contributed by atoms with E-state index in [9.17, 15) is 8.42 Å². The second kappa shape index (κ2) is 8.19. The molecule has 0 bridgehead atoms. The van der Waals surface area contributed by atoms with Crippen molar-refractivity contribution in [1.29, 1.82) is 0 Å². The third-order valence-electron chi connectivity index (χ3n) is 6.75. The van der Waals surface area contributed by atoms with Crippen LogP contribution < -0.4 is 9.47 Å². The van der Waals surface area contributed by atoms with Gasteiger partial charge >= 0.3 is 0 Å². The fourth-order valence-corrected chi connectivity index (χ4v) is 6.85. The van der Waals surface area contributed by atoms with Crippen LogP contribution in [-0.2, 0) is 16.6 Å². The molecule has 9 heteroatoms. The third kappa shape index (κ3) is 3.47. The van der Waals surface area contributed by atoms with Crippen LogP contribution in [0.25, 0.3) is 0 Å². The maximum Gasteiger partial charge on any atom is 0.246 e. The molecule has 0 N–H and O–H groups in total. The van der Waals surface area contributed by atoms with Crippen molar-refractivity contribution in [2.75, 3.05) is 27.3 Å². The first-order valence-electron chi connectivity index (χ1n) is 10.5. The van der Waals surface area contributed by atoms with Gasteiger partial charge in [0.2, 0.25) is 10.0 Å². The summed E-state index contributed by atoms with van der Waals surface area (Å²) in [5.74, 6) is 1.75. The van der Waals surface area contributed by atoms with E-state index in [-0.39, 0.29) is 16.2 Å². The molecule has 1 aromatic heterocycles. The Morgan fingerprint density at radius 1 is 1.17 bits per heavy atom. The van der Waals surface area contributed by atoms with Gasteiger partial charge in [0.1, 0.15) is 28.5 Å². The first kappa shape index (κ1) is 21.1. The zero-order valence-corrected chi connectivity index (χ0v) is 18.7. The summed E-state index contributed by atoms with van der Waals surface area (Å²) in [5.41, 5.74) is -0.0998. The van der Waals surface area contributed by atoms with E-state index in [1.165, 1.54) is 20.6 Å². The van der Waals surface area contributed by atoms with Crippen LogP contribution in [-0.4, -0.2) is 54.8 Å². The Morgan fingerprint density at radius 2 is 1.93 bits per heavy atom. The number of benzene rings is 1. The Hall–Kier alpha value is -2.13. The molecular formula is C21H30N4O4S. The van der Waals surface area contributed by atoms with Crippen LogP contribution in [0.5, 0.6) is 11.5 Å². The van der Waals surface area contributed by atoms with Crippen LogP contribution in [0.1, 0.15) is 50.8 Å². The lowest BCUT2D eigenvalue weighted by Gasteiger charge is -2.37. The van der Waals surface area contributed by atoms with Gasteiger partial charge in [-0.1, -0.05) is 19.3 Å². The smallest absolute Gasteiger partial charge is 0.246 e. The van der Waals surface area contributed by atoms with E-state index < -0.39 is 10.0 Å². The lowest BCUT2D eigenvalue weighted by Crippen LogP contribution is -2.34. The average molecular weight is 435 g/mol. The van der Waals surface area contributed by atoms with Crippen molar-refractivity contribution in [1.82, 2.24) is 19.1 Å². The van der Waals surface area contributed by atoms with Gasteiger partial charge in [-0.25, -0.2) is 8.42 Å². The quantitative estimate of drug-likeness (QED) is 0.695. The van der Waals surface area contributed by atoms with Crippen molar-refractivity contribution in [2.24, 2.45) is 5.41 Å². The number of nitrogens with zero attached hydrogens (tertiary/aromatic N) is 4. The molecule has 1 spiro atoms. The maximum absolute atomic E-state index is 13.7. The van der Waals surface area contributed by atoms with E-state index in [2.05, 4.69) is 17.1 Å². The Morgan fingerprint density at radius 3 is 2.60 bits per heavy atom. The van der Waals surface area contributed by atoms with Crippen LogP contribution in [0, 0.1) is 5.41 Å². The van der Waals surface area contributed by atoms with Crippen molar-refractivity contribution in [3.8, 4) is 11.5 Å². The highest BCUT2D eigenvalue weighted by Gasteiger charge is 2.52. The summed E-state index contributed by atoms with van der Waals surface area (Å²) in [4.78, 5) is 0.146. The van der Waals surface area contributed by atoms with Crippen LogP contribution in [0.2, 0.25) is 0 Å². The molecule has 30 heavy (non-hydrogen) atoms. The SMILES string of the molecule is CCn1cnnc1C1CN(S(=O)(=O)c2cc(OC)ccc2OC)CC12CCCCC2. The second-order valence-electron chi connectivity index (χ2n) is 8.27. The van der Waals surface area contributed by atoms with Crippen LogP contribution in [0.3, 0.4) is 0 Å². The van der Waals surface area contributed by atoms with Crippen molar-refractivity contribution in [3.05, 3.63) is 30.4 Å². The van der Waals surface area contributed by atoms with Gasteiger partial charge in [-0.3, -0.25) is 0 Å². The Bertz CT molecular complexity index is 998. The summed E-state index contributed by atoms with van der Waals surface area (Å²) in [5, 5.41) is 8.54. The van der Waals surface area contributed by atoms with E-state index >= 15 is 0 Å². The monoisotopic (exact) mass is 434 g/mol. The molecule has 1 aliphatic heterocycles. The molecule has 1 unspecified atom stereocenters. The van der Waals surface area contributed by atoms with E-state index in [1.54, 1.807) is 28.8 Å². The number of aryl methyl sites for hydroxylation is 1. The minimum absolute atomic E-state index is 0.0339. The van der Waals surface area contributed by atoms with Gasteiger partial charge < -0.3 is 14.0 Å². The molecule has 1 aromatic carbocycles. The predicted octanol–water partition coefficient (Wildman–Crippen LogP) is 3.05. The molecule has 2 heterocycles. The number of hydrogen-bond donors (Lipinski definition) is 0. The zero-order chi connectivity index (χ0) is 21.4. The van der Waals surface area contributed by atoms with Gasteiger partial charge in [-0.15, -0.1) is 10.2 Å². The molecule has 0 radical (unpaired) electrons. The van der Waals surface area contributed by atoms with Crippen molar-refractivity contribution < 1.29 is 17.9 Å². The van der Waals surface area contributed by atoms with Gasteiger partial charge in [0, 0.05) is 31.6 Å². The van der Waals surface area contributed by atoms with Crippen LogP contribution in [0.15, 0.2) is 29.4 Å². The fraction of sp³-hybridized carbons (Fsp3) is 0.619. The molecule has 8 nitrogen and oxygen atoms in total. The summed E-state index contributed by atoms with van der Waals surface area (Å²) >= 11 is 0. The minimum Gasteiger partial charge on any atom is -0.497 e. The summed E-state index contributed by atoms with van der Waals surface area (Å²) in [7, 11) is -0.750. The molecule has 1 atom stereocenters. The molecule has 2 aliphatic rings. The number of aromatic nitrogens is 3. The largest absolute Gasteiger partial charge is 0.497 e. The molecule has 0 amide bonds. The van der Waals surface area contributed by atoms with Gasteiger partial charge in [0.25, 0.3) is 0 Å². The number of methoxy groups -OCH3 is 2.